The van der Waals surface area contributed by atoms with Crippen LogP contribution in [0.3, 0.4) is 0 Å². The van der Waals surface area contributed by atoms with E-state index >= 15 is 0 Å². The molecule has 0 amide bonds. The van der Waals surface area contributed by atoms with Crippen LogP contribution in [-0.4, -0.2) is 17.6 Å². The van der Waals surface area contributed by atoms with E-state index in [-0.39, 0.29) is 6.42 Å². The molecule has 5 heteroatoms. The fourth-order valence-electron chi connectivity index (χ4n) is 1.30. The highest BCUT2D eigenvalue weighted by molar-refractivity contribution is 6.16. The Morgan fingerprint density at radius 2 is 1.67 bits per heavy atom. The largest absolute Gasteiger partial charge is 0.431 e. The molecule has 1 aromatic rings. The maximum Gasteiger partial charge on any atom is 0.431 e. The second-order valence-electron chi connectivity index (χ2n) is 3.13. The zero-order chi connectivity index (χ0) is 10.9. The van der Waals surface area contributed by atoms with Crippen molar-refractivity contribution >= 4 is 11.4 Å². The van der Waals surface area contributed by atoms with E-state index in [9.17, 15) is 13.2 Å². The summed E-state index contributed by atoms with van der Waals surface area (Å²) in [7, 11) is 0. The van der Waals surface area contributed by atoms with E-state index in [0.29, 0.717) is 11.3 Å². The van der Waals surface area contributed by atoms with Gasteiger partial charge in [-0.3, -0.25) is 0 Å². The van der Waals surface area contributed by atoms with Crippen LogP contribution in [0.15, 0.2) is 40.5 Å². The Morgan fingerprint density at radius 1 is 1.00 bits per heavy atom. The highest BCUT2D eigenvalue weighted by atomic mass is 19.4. The third-order valence-corrected chi connectivity index (χ3v) is 2.06. The Morgan fingerprint density at radius 3 is 2.20 bits per heavy atom. The number of rotatable bonds is 1. The van der Waals surface area contributed by atoms with Crippen molar-refractivity contribution in [2.45, 2.75) is 12.6 Å². The summed E-state index contributed by atoms with van der Waals surface area (Å²) in [5, 5.41) is 6.68. The van der Waals surface area contributed by atoms with E-state index in [2.05, 4.69) is 10.2 Å². The van der Waals surface area contributed by atoms with E-state index in [1.165, 1.54) is 0 Å². The quantitative estimate of drug-likeness (QED) is 0.683. The summed E-state index contributed by atoms with van der Waals surface area (Å²) in [6.45, 7) is 0. The molecular weight excluding hydrogens is 205 g/mol. The molecule has 1 aliphatic rings. The minimum absolute atomic E-state index is 0.243. The monoisotopic (exact) mass is 212 g/mol. The van der Waals surface area contributed by atoms with Gasteiger partial charge in [0.2, 0.25) is 0 Å². The summed E-state index contributed by atoms with van der Waals surface area (Å²) in [4.78, 5) is 0. The van der Waals surface area contributed by atoms with Crippen molar-refractivity contribution in [2.24, 2.45) is 10.2 Å². The minimum atomic E-state index is -4.37. The molecular formula is C10H7F3N2. The second kappa shape index (κ2) is 3.49. The molecule has 0 spiro atoms. The summed E-state index contributed by atoms with van der Waals surface area (Å²) >= 11 is 0. The van der Waals surface area contributed by atoms with Crippen LogP contribution in [0, 0.1) is 0 Å². The van der Waals surface area contributed by atoms with Gasteiger partial charge in [0, 0.05) is 6.42 Å². The normalized spacial score (nSPS) is 16.2. The Hall–Kier alpha value is -1.65. The minimum Gasteiger partial charge on any atom is -0.165 e. The fraction of sp³-hybridized carbons (Fsp3) is 0.200. The van der Waals surface area contributed by atoms with Crippen molar-refractivity contribution in [3.05, 3.63) is 35.9 Å². The summed E-state index contributed by atoms with van der Waals surface area (Å²) in [6.07, 6.45) is -4.62. The molecule has 0 atom stereocenters. The SMILES string of the molecule is FC(F)(F)C1=NN=C(c2ccccc2)C1. The van der Waals surface area contributed by atoms with Crippen LogP contribution in [0.1, 0.15) is 12.0 Å². The van der Waals surface area contributed by atoms with Gasteiger partial charge < -0.3 is 0 Å². The van der Waals surface area contributed by atoms with Gasteiger partial charge in [0.15, 0.2) is 0 Å². The first-order valence-corrected chi connectivity index (χ1v) is 4.33. The van der Waals surface area contributed by atoms with Gasteiger partial charge in [-0.2, -0.15) is 18.3 Å². The zero-order valence-electron chi connectivity index (χ0n) is 7.62. The lowest BCUT2D eigenvalue weighted by Gasteiger charge is -2.04. The summed E-state index contributed by atoms with van der Waals surface area (Å²) in [5.41, 5.74) is 0.213. The Bertz CT molecular complexity index is 418. The predicted octanol–water partition coefficient (Wildman–Crippen LogP) is 2.80. The fourth-order valence-corrected chi connectivity index (χ4v) is 1.30. The van der Waals surface area contributed by atoms with Crippen molar-refractivity contribution in [3.8, 4) is 0 Å². The van der Waals surface area contributed by atoms with Gasteiger partial charge in [0.05, 0.1) is 5.71 Å². The third kappa shape index (κ3) is 2.06. The van der Waals surface area contributed by atoms with Crippen molar-refractivity contribution in [2.75, 3.05) is 0 Å². The van der Waals surface area contributed by atoms with Gasteiger partial charge in [0.1, 0.15) is 5.71 Å². The zero-order valence-corrected chi connectivity index (χ0v) is 7.62. The first-order valence-electron chi connectivity index (χ1n) is 4.33. The van der Waals surface area contributed by atoms with Crippen molar-refractivity contribution in [1.82, 2.24) is 0 Å². The molecule has 0 saturated carbocycles. The molecule has 0 saturated heterocycles. The van der Waals surface area contributed by atoms with Gasteiger partial charge in [-0.15, -0.1) is 5.10 Å². The summed E-state index contributed by atoms with van der Waals surface area (Å²) in [5.74, 6) is 0. The number of nitrogens with zero attached hydrogens (tertiary/aromatic N) is 2. The Kier molecular flexibility index (Phi) is 2.30. The lowest BCUT2D eigenvalue weighted by molar-refractivity contribution is -0.0596. The van der Waals surface area contributed by atoms with E-state index in [1.54, 1.807) is 30.3 Å². The molecule has 0 aromatic heterocycles. The first kappa shape index (κ1) is 9.89. The average Bonchev–Trinajstić information content (AvgIpc) is 2.67. The number of alkyl halides is 3. The van der Waals surface area contributed by atoms with Crippen LogP contribution in [0.25, 0.3) is 0 Å². The molecule has 0 unspecified atom stereocenters. The molecule has 2 rings (SSSR count). The molecule has 15 heavy (non-hydrogen) atoms. The lowest BCUT2D eigenvalue weighted by Crippen LogP contribution is -2.22. The standard InChI is InChI=1S/C10H7F3N2/c11-10(12,13)9-6-8(14-15-9)7-4-2-1-3-5-7/h1-5H,6H2. The van der Waals surface area contributed by atoms with Crippen molar-refractivity contribution in [1.29, 1.82) is 0 Å². The van der Waals surface area contributed by atoms with E-state index in [1.807, 2.05) is 0 Å². The molecule has 1 aliphatic heterocycles. The Balaban J connectivity index is 2.15. The lowest BCUT2D eigenvalue weighted by atomic mass is 10.1. The van der Waals surface area contributed by atoms with E-state index in [0.717, 1.165) is 0 Å². The number of benzene rings is 1. The highest BCUT2D eigenvalue weighted by Gasteiger charge is 2.38. The van der Waals surface area contributed by atoms with Crippen LogP contribution >= 0.6 is 0 Å². The van der Waals surface area contributed by atoms with Crippen LogP contribution in [0.4, 0.5) is 13.2 Å². The highest BCUT2D eigenvalue weighted by Crippen LogP contribution is 2.24. The molecule has 0 N–H and O–H groups in total. The van der Waals surface area contributed by atoms with Gasteiger partial charge in [-0.05, 0) is 5.56 Å². The maximum atomic E-state index is 12.2. The second-order valence-corrected chi connectivity index (χ2v) is 3.13. The van der Waals surface area contributed by atoms with Crippen molar-refractivity contribution in [3.63, 3.8) is 0 Å². The number of hydrogen-bond acceptors (Lipinski definition) is 2. The molecule has 0 aliphatic carbocycles. The molecule has 1 aromatic carbocycles. The smallest absolute Gasteiger partial charge is 0.165 e. The van der Waals surface area contributed by atoms with Gasteiger partial charge in [0.25, 0.3) is 0 Å². The number of halogens is 3. The first-order chi connectivity index (χ1) is 7.07. The Labute approximate surface area is 84.1 Å². The van der Waals surface area contributed by atoms with Gasteiger partial charge in [-0.25, -0.2) is 0 Å². The molecule has 1 heterocycles. The van der Waals surface area contributed by atoms with Crippen molar-refractivity contribution < 1.29 is 13.2 Å². The topological polar surface area (TPSA) is 24.7 Å². The molecule has 2 nitrogen and oxygen atoms in total. The maximum absolute atomic E-state index is 12.2. The van der Waals surface area contributed by atoms with Crippen LogP contribution in [0.2, 0.25) is 0 Å². The van der Waals surface area contributed by atoms with E-state index in [4.69, 9.17) is 0 Å². The molecule has 78 valence electrons. The van der Waals surface area contributed by atoms with Gasteiger partial charge in [-0.1, -0.05) is 30.3 Å². The van der Waals surface area contributed by atoms with Crippen LogP contribution < -0.4 is 0 Å². The summed E-state index contributed by atoms with van der Waals surface area (Å²) < 4.78 is 36.7. The van der Waals surface area contributed by atoms with Crippen LogP contribution in [0.5, 0.6) is 0 Å². The number of hydrogen-bond donors (Lipinski definition) is 0. The molecule has 0 fully saturated rings. The van der Waals surface area contributed by atoms with Crippen LogP contribution in [-0.2, 0) is 0 Å². The van der Waals surface area contributed by atoms with E-state index < -0.39 is 11.9 Å². The summed E-state index contributed by atoms with van der Waals surface area (Å²) in [6, 6.07) is 8.73. The average molecular weight is 212 g/mol. The predicted molar refractivity (Wildman–Crippen MR) is 51.1 cm³/mol. The van der Waals surface area contributed by atoms with Gasteiger partial charge >= 0.3 is 6.18 Å². The molecule has 0 bridgehead atoms. The molecule has 0 radical (unpaired) electrons. The third-order valence-electron chi connectivity index (χ3n) is 2.06.